The number of imide groups is 1. The lowest BCUT2D eigenvalue weighted by Crippen LogP contribution is -2.32. The van der Waals surface area contributed by atoms with Gasteiger partial charge in [0, 0.05) is 23.5 Å². The van der Waals surface area contributed by atoms with E-state index in [1.54, 1.807) is 42.5 Å². The maximum Gasteiger partial charge on any atom is 0.281 e. The number of rotatable bonds is 4. The number of benzene rings is 2. The molecule has 0 saturated carbocycles. The van der Waals surface area contributed by atoms with E-state index in [1.807, 2.05) is 31.2 Å². The van der Waals surface area contributed by atoms with E-state index in [4.69, 9.17) is 0 Å². The van der Waals surface area contributed by atoms with E-state index in [-0.39, 0.29) is 0 Å². The van der Waals surface area contributed by atoms with E-state index >= 15 is 0 Å². The Morgan fingerprint density at radius 1 is 0.846 bits per heavy atom. The third-order valence-corrected chi connectivity index (χ3v) is 3.73. The van der Waals surface area contributed by atoms with Crippen LogP contribution in [0.1, 0.15) is 31.8 Å². The zero-order valence-corrected chi connectivity index (χ0v) is 14.2. The summed E-state index contributed by atoms with van der Waals surface area (Å²) in [6.45, 7) is 1.99. The maximum atomic E-state index is 12.8. The summed E-state index contributed by atoms with van der Waals surface area (Å²) in [5.74, 6) is -1.000. The average molecular weight is 343 g/mol. The quantitative estimate of drug-likeness (QED) is 0.412. The summed E-state index contributed by atoms with van der Waals surface area (Å²) in [4.78, 5) is 29.5. The van der Waals surface area contributed by atoms with E-state index in [2.05, 4.69) is 10.1 Å². The number of pyridine rings is 1. The van der Waals surface area contributed by atoms with Crippen LogP contribution in [0.2, 0.25) is 0 Å². The van der Waals surface area contributed by atoms with Crippen LogP contribution in [0.3, 0.4) is 0 Å². The Hall–Kier alpha value is -3.60. The van der Waals surface area contributed by atoms with E-state index in [1.165, 1.54) is 18.6 Å². The number of amides is 2. The van der Waals surface area contributed by atoms with Gasteiger partial charge in [-0.2, -0.15) is 10.1 Å². The SMILES string of the molecule is Cc1ccc(/C=N/N(C(=O)c2ccccc2)C(=O)c2ccncc2)cc1. The lowest BCUT2D eigenvalue weighted by Gasteiger charge is -2.15. The number of hydrazone groups is 1. The molecule has 0 bridgehead atoms. The molecule has 5 heteroatoms. The Morgan fingerprint density at radius 3 is 2.04 bits per heavy atom. The minimum Gasteiger partial charge on any atom is -0.267 e. The Bertz CT molecular complexity index is 869. The number of hydrogen-bond donors (Lipinski definition) is 0. The lowest BCUT2D eigenvalue weighted by atomic mass is 10.2. The average Bonchev–Trinajstić information content (AvgIpc) is 2.70. The van der Waals surface area contributed by atoms with Crippen molar-refractivity contribution in [1.29, 1.82) is 0 Å². The molecule has 0 aliphatic rings. The summed E-state index contributed by atoms with van der Waals surface area (Å²) in [7, 11) is 0. The number of carbonyl (C=O) groups excluding carboxylic acids is 2. The van der Waals surface area contributed by atoms with Gasteiger partial charge in [-0.25, -0.2) is 0 Å². The normalized spacial score (nSPS) is 10.7. The van der Waals surface area contributed by atoms with Gasteiger partial charge in [0.15, 0.2) is 0 Å². The van der Waals surface area contributed by atoms with Crippen LogP contribution in [-0.4, -0.2) is 28.0 Å². The second-order valence-electron chi connectivity index (χ2n) is 5.68. The number of aryl methyl sites for hydroxylation is 1. The molecule has 0 saturated heterocycles. The molecule has 26 heavy (non-hydrogen) atoms. The number of hydrogen-bond acceptors (Lipinski definition) is 4. The van der Waals surface area contributed by atoms with Gasteiger partial charge in [-0.15, -0.1) is 0 Å². The Balaban J connectivity index is 1.94. The number of nitrogens with zero attached hydrogens (tertiary/aromatic N) is 3. The Kier molecular flexibility index (Phi) is 5.29. The summed E-state index contributed by atoms with van der Waals surface area (Å²) in [6, 6.07) is 19.3. The smallest absolute Gasteiger partial charge is 0.267 e. The van der Waals surface area contributed by atoms with Gasteiger partial charge in [-0.1, -0.05) is 48.0 Å². The first-order valence-corrected chi connectivity index (χ1v) is 8.09. The highest BCUT2D eigenvalue weighted by molar-refractivity contribution is 6.10. The van der Waals surface area contributed by atoms with Crippen molar-refractivity contribution >= 4 is 18.0 Å². The van der Waals surface area contributed by atoms with E-state index in [0.29, 0.717) is 11.1 Å². The summed E-state index contributed by atoms with van der Waals surface area (Å²) < 4.78 is 0. The summed E-state index contributed by atoms with van der Waals surface area (Å²) in [6.07, 6.45) is 4.50. The molecule has 0 aliphatic heterocycles. The predicted octanol–water partition coefficient (Wildman–Crippen LogP) is 3.71. The molecule has 3 rings (SSSR count). The van der Waals surface area contributed by atoms with Gasteiger partial charge in [0.1, 0.15) is 0 Å². The second-order valence-corrected chi connectivity index (χ2v) is 5.68. The predicted molar refractivity (Wildman–Crippen MR) is 100.0 cm³/mol. The van der Waals surface area contributed by atoms with Gasteiger partial charge in [0.2, 0.25) is 0 Å². The molecule has 0 spiro atoms. The van der Waals surface area contributed by atoms with Gasteiger partial charge in [-0.05, 0) is 36.8 Å². The van der Waals surface area contributed by atoms with Gasteiger partial charge in [-0.3, -0.25) is 14.6 Å². The number of aromatic nitrogens is 1. The zero-order valence-electron chi connectivity index (χ0n) is 14.2. The van der Waals surface area contributed by atoms with Crippen molar-refractivity contribution in [2.45, 2.75) is 6.92 Å². The fraction of sp³-hybridized carbons (Fsp3) is 0.0476. The summed E-state index contributed by atoms with van der Waals surface area (Å²) in [5.41, 5.74) is 2.64. The fourth-order valence-corrected chi connectivity index (χ4v) is 2.29. The monoisotopic (exact) mass is 343 g/mol. The van der Waals surface area contributed by atoms with Crippen molar-refractivity contribution in [3.63, 3.8) is 0 Å². The molecule has 5 nitrogen and oxygen atoms in total. The largest absolute Gasteiger partial charge is 0.281 e. The molecule has 0 N–H and O–H groups in total. The molecule has 0 atom stereocenters. The van der Waals surface area contributed by atoms with Gasteiger partial charge in [0.05, 0.1) is 6.21 Å². The number of carbonyl (C=O) groups is 2. The van der Waals surface area contributed by atoms with Crippen molar-refractivity contribution < 1.29 is 9.59 Å². The Labute approximate surface area is 151 Å². The van der Waals surface area contributed by atoms with Crippen LogP contribution in [0, 0.1) is 6.92 Å². The molecule has 2 amide bonds. The molecule has 128 valence electrons. The molecule has 2 aromatic carbocycles. The zero-order chi connectivity index (χ0) is 18.4. The molecule has 0 unspecified atom stereocenters. The minimum absolute atomic E-state index is 0.338. The topological polar surface area (TPSA) is 62.6 Å². The highest BCUT2D eigenvalue weighted by atomic mass is 16.2. The highest BCUT2D eigenvalue weighted by Crippen LogP contribution is 2.11. The Morgan fingerprint density at radius 2 is 1.42 bits per heavy atom. The van der Waals surface area contributed by atoms with Crippen molar-refractivity contribution in [2.24, 2.45) is 5.10 Å². The molecular formula is C21H17N3O2. The molecular weight excluding hydrogens is 326 g/mol. The minimum atomic E-state index is -0.510. The van der Waals surface area contributed by atoms with Crippen molar-refractivity contribution in [3.8, 4) is 0 Å². The van der Waals surface area contributed by atoms with Crippen LogP contribution in [0.5, 0.6) is 0 Å². The second kappa shape index (κ2) is 7.98. The molecule has 1 heterocycles. The van der Waals surface area contributed by atoms with Gasteiger partial charge in [0.25, 0.3) is 11.8 Å². The third kappa shape index (κ3) is 4.08. The standard InChI is InChI=1S/C21H17N3O2/c1-16-7-9-17(10-8-16)15-23-24(20(25)18-5-3-2-4-6-18)21(26)19-11-13-22-14-12-19/h2-15H,1H3/b23-15+. The van der Waals surface area contributed by atoms with E-state index < -0.39 is 11.8 Å². The first-order chi connectivity index (χ1) is 12.6. The fourth-order valence-electron chi connectivity index (χ4n) is 2.29. The molecule has 3 aromatic rings. The first kappa shape index (κ1) is 17.2. The molecule has 0 radical (unpaired) electrons. The van der Waals surface area contributed by atoms with Crippen LogP contribution >= 0.6 is 0 Å². The highest BCUT2D eigenvalue weighted by Gasteiger charge is 2.23. The molecule has 1 aromatic heterocycles. The van der Waals surface area contributed by atoms with Crippen LogP contribution in [0.4, 0.5) is 0 Å². The van der Waals surface area contributed by atoms with Crippen LogP contribution in [-0.2, 0) is 0 Å². The summed E-state index contributed by atoms with van der Waals surface area (Å²) >= 11 is 0. The maximum absolute atomic E-state index is 12.8. The van der Waals surface area contributed by atoms with Crippen LogP contribution in [0.25, 0.3) is 0 Å². The lowest BCUT2D eigenvalue weighted by molar-refractivity contribution is 0.0622. The van der Waals surface area contributed by atoms with Gasteiger partial charge < -0.3 is 0 Å². The molecule has 0 aliphatic carbocycles. The van der Waals surface area contributed by atoms with E-state index in [0.717, 1.165) is 16.1 Å². The van der Waals surface area contributed by atoms with Gasteiger partial charge >= 0.3 is 0 Å². The van der Waals surface area contributed by atoms with Crippen molar-refractivity contribution in [3.05, 3.63) is 101 Å². The van der Waals surface area contributed by atoms with Crippen molar-refractivity contribution in [2.75, 3.05) is 0 Å². The van der Waals surface area contributed by atoms with Crippen molar-refractivity contribution in [1.82, 2.24) is 9.99 Å². The molecule has 0 fully saturated rings. The first-order valence-electron chi connectivity index (χ1n) is 8.09. The third-order valence-electron chi connectivity index (χ3n) is 3.73. The summed E-state index contributed by atoms with van der Waals surface area (Å²) in [5, 5.41) is 5.04. The van der Waals surface area contributed by atoms with Crippen LogP contribution < -0.4 is 0 Å². The van der Waals surface area contributed by atoms with E-state index in [9.17, 15) is 9.59 Å². The van der Waals surface area contributed by atoms with Crippen LogP contribution in [0.15, 0.2) is 84.2 Å².